The normalized spacial score (nSPS) is 10.0. The first-order chi connectivity index (χ1) is 11.9. The van der Waals surface area contributed by atoms with Crippen LogP contribution in [0.5, 0.6) is 5.75 Å². The van der Waals surface area contributed by atoms with Crippen molar-refractivity contribution in [2.45, 2.75) is 0 Å². The molecule has 0 fully saturated rings. The van der Waals surface area contributed by atoms with E-state index in [0.29, 0.717) is 0 Å². The van der Waals surface area contributed by atoms with Gasteiger partial charge in [0.2, 0.25) is 0 Å². The Balaban J connectivity index is 2.09. The Labute approximate surface area is 146 Å². The molecule has 0 aliphatic rings. The highest BCUT2D eigenvalue weighted by molar-refractivity contribution is 6.32. The van der Waals surface area contributed by atoms with Gasteiger partial charge in [-0.2, -0.15) is 0 Å². The molecule has 0 spiro atoms. The van der Waals surface area contributed by atoms with E-state index in [0.717, 1.165) is 13.2 Å². The van der Waals surface area contributed by atoms with Crippen molar-refractivity contribution in [1.29, 1.82) is 0 Å². The van der Waals surface area contributed by atoms with Crippen LogP contribution in [-0.2, 0) is 9.53 Å². The summed E-state index contributed by atoms with van der Waals surface area (Å²) in [4.78, 5) is 37.5. The second-order valence-electron chi connectivity index (χ2n) is 4.61. The third kappa shape index (κ3) is 4.64. The van der Waals surface area contributed by atoms with Crippen LogP contribution in [-0.4, -0.2) is 35.5 Å². The number of anilines is 1. The predicted molar refractivity (Wildman–Crippen MR) is 87.8 cm³/mol. The van der Waals surface area contributed by atoms with Crippen LogP contribution in [0, 0.1) is 10.1 Å². The molecule has 2 aromatic rings. The number of carbonyl (C=O) groups is 2. The maximum absolute atomic E-state index is 11.9. The SMILES string of the molecule is COC(=O)c1ccc(OCC(=O)Nc2cccnc2Cl)c([N+](=O)[O-])c1. The van der Waals surface area contributed by atoms with Gasteiger partial charge in [-0.3, -0.25) is 14.9 Å². The number of esters is 1. The summed E-state index contributed by atoms with van der Waals surface area (Å²) in [7, 11) is 1.16. The molecule has 2 rings (SSSR count). The average molecular weight is 366 g/mol. The number of hydrogen-bond acceptors (Lipinski definition) is 7. The minimum atomic E-state index is -0.725. The number of nitro benzene ring substituents is 1. The first-order valence-corrected chi connectivity index (χ1v) is 7.20. The predicted octanol–water partition coefficient (Wildman–Crippen LogP) is 2.45. The van der Waals surface area contributed by atoms with Gasteiger partial charge in [0.05, 0.1) is 23.3 Å². The molecule has 0 saturated carbocycles. The van der Waals surface area contributed by atoms with Gasteiger partial charge in [-0.15, -0.1) is 0 Å². The summed E-state index contributed by atoms with van der Waals surface area (Å²) in [5, 5.41) is 13.7. The van der Waals surface area contributed by atoms with Gasteiger partial charge in [0.15, 0.2) is 17.5 Å². The third-order valence-corrected chi connectivity index (χ3v) is 3.27. The molecule has 0 saturated heterocycles. The number of nitrogens with zero attached hydrogens (tertiary/aromatic N) is 2. The summed E-state index contributed by atoms with van der Waals surface area (Å²) in [6.07, 6.45) is 1.46. The van der Waals surface area contributed by atoms with Crippen molar-refractivity contribution in [3.8, 4) is 5.75 Å². The van der Waals surface area contributed by atoms with Crippen molar-refractivity contribution in [2.75, 3.05) is 19.0 Å². The monoisotopic (exact) mass is 365 g/mol. The standard InChI is InChI=1S/C15H12ClN3O6/c1-24-15(21)9-4-5-12(11(7-9)19(22)23)25-8-13(20)18-10-3-2-6-17-14(10)16/h2-7H,8H2,1H3,(H,18,20). The number of rotatable bonds is 6. The van der Waals surface area contributed by atoms with Crippen LogP contribution in [0.1, 0.15) is 10.4 Å². The van der Waals surface area contributed by atoms with E-state index >= 15 is 0 Å². The first kappa shape index (κ1) is 18.1. The number of amides is 1. The Morgan fingerprint density at radius 2 is 2.12 bits per heavy atom. The van der Waals surface area contributed by atoms with Gasteiger partial charge in [-0.05, 0) is 24.3 Å². The molecule has 0 bridgehead atoms. The van der Waals surface area contributed by atoms with Crippen molar-refractivity contribution in [1.82, 2.24) is 4.98 Å². The molecule has 0 radical (unpaired) electrons. The van der Waals surface area contributed by atoms with Gasteiger partial charge in [-0.25, -0.2) is 9.78 Å². The summed E-state index contributed by atoms with van der Waals surface area (Å²) in [5.41, 5.74) is -0.184. The van der Waals surface area contributed by atoms with E-state index in [1.54, 1.807) is 12.1 Å². The van der Waals surface area contributed by atoms with Gasteiger partial charge >= 0.3 is 11.7 Å². The first-order valence-electron chi connectivity index (χ1n) is 6.82. The van der Waals surface area contributed by atoms with E-state index in [2.05, 4.69) is 15.0 Å². The molecule has 25 heavy (non-hydrogen) atoms. The Kier molecular flexibility index (Phi) is 5.85. The number of nitrogens with one attached hydrogen (secondary N) is 1. The molecule has 0 atom stereocenters. The highest BCUT2D eigenvalue weighted by atomic mass is 35.5. The van der Waals surface area contributed by atoms with Crippen molar-refractivity contribution in [3.05, 3.63) is 57.4 Å². The van der Waals surface area contributed by atoms with E-state index in [1.165, 1.54) is 18.3 Å². The molecular formula is C15H12ClN3O6. The second kappa shape index (κ2) is 8.06. The lowest BCUT2D eigenvalue weighted by Gasteiger charge is -2.09. The van der Waals surface area contributed by atoms with Crippen molar-refractivity contribution in [3.63, 3.8) is 0 Å². The topological polar surface area (TPSA) is 121 Å². The van der Waals surface area contributed by atoms with E-state index in [1.807, 2.05) is 0 Å². The highest BCUT2D eigenvalue weighted by Gasteiger charge is 2.20. The minimum Gasteiger partial charge on any atom is -0.477 e. The largest absolute Gasteiger partial charge is 0.477 e. The van der Waals surface area contributed by atoms with Crippen molar-refractivity contribution >= 4 is 34.9 Å². The molecule has 0 aliphatic carbocycles. The Hall–Kier alpha value is -3.20. The van der Waals surface area contributed by atoms with Crippen LogP contribution in [0.2, 0.25) is 5.15 Å². The van der Waals surface area contributed by atoms with Crippen LogP contribution >= 0.6 is 11.6 Å². The lowest BCUT2D eigenvalue weighted by molar-refractivity contribution is -0.385. The molecule has 1 amide bonds. The van der Waals surface area contributed by atoms with E-state index in [-0.39, 0.29) is 22.2 Å². The van der Waals surface area contributed by atoms with Crippen molar-refractivity contribution < 1.29 is 24.0 Å². The van der Waals surface area contributed by atoms with Crippen LogP contribution < -0.4 is 10.1 Å². The van der Waals surface area contributed by atoms with E-state index in [9.17, 15) is 19.7 Å². The van der Waals surface area contributed by atoms with Crippen LogP contribution in [0.15, 0.2) is 36.5 Å². The zero-order valence-corrected chi connectivity index (χ0v) is 13.6. The molecule has 130 valence electrons. The molecule has 1 aromatic carbocycles. The minimum absolute atomic E-state index is 0.00635. The Morgan fingerprint density at radius 3 is 2.76 bits per heavy atom. The highest BCUT2D eigenvalue weighted by Crippen LogP contribution is 2.28. The molecule has 1 aromatic heterocycles. The van der Waals surface area contributed by atoms with Crippen LogP contribution in [0.25, 0.3) is 0 Å². The quantitative estimate of drug-likeness (QED) is 0.361. The molecule has 10 heteroatoms. The third-order valence-electron chi connectivity index (χ3n) is 2.97. The molecular weight excluding hydrogens is 354 g/mol. The summed E-state index contributed by atoms with van der Waals surface area (Å²) in [5.74, 6) is -1.47. The zero-order chi connectivity index (χ0) is 18.4. The molecule has 0 aliphatic heterocycles. The Morgan fingerprint density at radius 1 is 1.36 bits per heavy atom. The fourth-order valence-electron chi connectivity index (χ4n) is 1.84. The number of benzene rings is 1. The van der Waals surface area contributed by atoms with Gasteiger partial charge in [-0.1, -0.05) is 11.6 Å². The smallest absolute Gasteiger partial charge is 0.338 e. The maximum atomic E-state index is 11.9. The summed E-state index contributed by atoms with van der Waals surface area (Å²) in [6, 6.07) is 6.65. The van der Waals surface area contributed by atoms with E-state index in [4.69, 9.17) is 16.3 Å². The molecule has 1 heterocycles. The van der Waals surface area contributed by atoms with Gasteiger partial charge in [0, 0.05) is 12.3 Å². The molecule has 0 unspecified atom stereocenters. The van der Waals surface area contributed by atoms with Crippen LogP contribution in [0.4, 0.5) is 11.4 Å². The van der Waals surface area contributed by atoms with Gasteiger partial charge < -0.3 is 14.8 Å². The summed E-state index contributed by atoms with van der Waals surface area (Å²) < 4.78 is 9.67. The number of halogens is 1. The number of hydrogen-bond donors (Lipinski definition) is 1. The van der Waals surface area contributed by atoms with Crippen molar-refractivity contribution in [2.24, 2.45) is 0 Å². The Bertz CT molecular complexity index is 827. The maximum Gasteiger partial charge on any atom is 0.338 e. The van der Waals surface area contributed by atoms with E-state index < -0.39 is 29.1 Å². The second-order valence-corrected chi connectivity index (χ2v) is 4.97. The lowest BCUT2D eigenvalue weighted by atomic mass is 10.2. The number of aromatic nitrogens is 1. The van der Waals surface area contributed by atoms with Crippen LogP contribution in [0.3, 0.4) is 0 Å². The summed E-state index contributed by atoms with van der Waals surface area (Å²) in [6.45, 7) is -0.496. The molecule has 9 nitrogen and oxygen atoms in total. The van der Waals surface area contributed by atoms with Gasteiger partial charge in [0.25, 0.3) is 5.91 Å². The molecule has 1 N–H and O–H groups in total. The number of pyridine rings is 1. The van der Waals surface area contributed by atoms with Gasteiger partial charge in [0.1, 0.15) is 0 Å². The number of carbonyl (C=O) groups excluding carboxylic acids is 2. The number of nitro groups is 1. The lowest BCUT2D eigenvalue weighted by Crippen LogP contribution is -2.20. The zero-order valence-electron chi connectivity index (χ0n) is 12.9. The number of methoxy groups -OCH3 is 1. The fourth-order valence-corrected chi connectivity index (χ4v) is 2.00. The average Bonchev–Trinajstić information content (AvgIpc) is 2.61. The fraction of sp³-hybridized carbons (Fsp3) is 0.133. The number of ether oxygens (including phenoxy) is 2. The summed E-state index contributed by atoms with van der Waals surface area (Å²) >= 11 is 5.81.